The summed E-state index contributed by atoms with van der Waals surface area (Å²) >= 11 is 5.08. The lowest BCUT2D eigenvalue weighted by Gasteiger charge is -2.16. The predicted octanol–water partition coefficient (Wildman–Crippen LogP) is 2.24. The topological polar surface area (TPSA) is 24.1 Å². The minimum Gasteiger partial charge on any atom is -0.363 e. The summed E-state index contributed by atoms with van der Waals surface area (Å²) in [6.45, 7) is 4.86. The van der Waals surface area contributed by atoms with E-state index in [9.17, 15) is 4.39 Å². The van der Waals surface area contributed by atoms with Crippen LogP contribution in [0.1, 0.15) is 19.4 Å². The Kier molecular flexibility index (Phi) is 5.19. The van der Waals surface area contributed by atoms with E-state index in [1.165, 1.54) is 12.1 Å². The second-order valence-electron chi connectivity index (χ2n) is 3.74. The van der Waals surface area contributed by atoms with Gasteiger partial charge in [-0.2, -0.15) is 0 Å². The lowest BCUT2D eigenvalue weighted by atomic mass is 10.1. The molecule has 2 nitrogen and oxygen atoms in total. The molecule has 1 unspecified atom stereocenters. The average Bonchev–Trinajstić information content (AvgIpc) is 2.21. The number of hydrogen-bond acceptors (Lipinski definition) is 1. The minimum absolute atomic E-state index is 0.201. The van der Waals surface area contributed by atoms with Gasteiger partial charge in [-0.3, -0.25) is 0 Å². The lowest BCUT2D eigenvalue weighted by Crippen LogP contribution is -2.41. The molecule has 1 aromatic carbocycles. The molecular weight excluding hydrogens is 223 g/mol. The van der Waals surface area contributed by atoms with Crippen LogP contribution in [0, 0.1) is 5.82 Å². The van der Waals surface area contributed by atoms with Crippen molar-refractivity contribution in [2.24, 2.45) is 0 Å². The summed E-state index contributed by atoms with van der Waals surface area (Å²) in [5.74, 6) is -0.201. The lowest BCUT2D eigenvalue weighted by molar-refractivity contribution is 0.622. The Bertz CT molecular complexity index is 337. The van der Waals surface area contributed by atoms with Gasteiger partial charge in [0.15, 0.2) is 5.11 Å². The average molecular weight is 240 g/mol. The van der Waals surface area contributed by atoms with Crippen molar-refractivity contribution in [3.8, 4) is 0 Å². The van der Waals surface area contributed by atoms with Crippen molar-refractivity contribution in [2.45, 2.75) is 26.3 Å². The van der Waals surface area contributed by atoms with Crippen molar-refractivity contribution in [1.29, 1.82) is 0 Å². The van der Waals surface area contributed by atoms with Crippen LogP contribution in [0.4, 0.5) is 4.39 Å². The Morgan fingerprint density at radius 3 is 2.56 bits per heavy atom. The molecule has 0 aromatic heterocycles. The summed E-state index contributed by atoms with van der Waals surface area (Å²) in [5.41, 5.74) is 1.10. The molecule has 0 bridgehead atoms. The standard InChI is InChI=1S/C12H17FN2S/c1-3-14-12(16)15-9(2)8-10-4-6-11(13)7-5-10/h4-7,9H,3,8H2,1-2H3,(H2,14,15,16). The number of nitrogens with one attached hydrogen (secondary N) is 2. The molecule has 0 fully saturated rings. The molecular formula is C12H17FN2S. The molecule has 0 aliphatic rings. The molecule has 0 aliphatic carbocycles. The van der Waals surface area contributed by atoms with Crippen molar-refractivity contribution in [2.75, 3.05) is 6.54 Å². The summed E-state index contributed by atoms with van der Waals surface area (Å²) in [4.78, 5) is 0. The highest BCUT2D eigenvalue weighted by Gasteiger charge is 2.04. The molecule has 88 valence electrons. The Labute approximate surface area is 101 Å². The van der Waals surface area contributed by atoms with Crippen LogP contribution in [-0.4, -0.2) is 17.7 Å². The molecule has 0 saturated carbocycles. The van der Waals surface area contributed by atoms with Crippen molar-refractivity contribution in [1.82, 2.24) is 10.6 Å². The molecule has 2 N–H and O–H groups in total. The minimum atomic E-state index is -0.201. The summed E-state index contributed by atoms with van der Waals surface area (Å²) in [7, 11) is 0. The second-order valence-corrected chi connectivity index (χ2v) is 4.14. The van der Waals surface area contributed by atoms with E-state index >= 15 is 0 Å². The highest BCUT2D eigenvalue weighted by atomic mass is 32.1. The van der Waals surface area contributed by atoms with Crippen molar-refractivity contribution in [3.63, 3.8) is 0 Å². The molecule has 4 heteroatoms. The molecule has 0 aliphatic heterocycles. The van der Waals surface area contributed by atoms with Crippen LogP contribution in [0.5, 0.6) is 0 Å². The van der Waals surface area contributed by atoms with Gasteiger partial charge in [-0.15, -0.1) is 0 Å². The second kappa shape index (κ2) is 6.43. The first-order valence-electron chi connectivity index (χ1n) is 5.40. The molecule has 1 rings (SSSR count). The molecule has 0 amide bonds. The molecule has 0 saturated heterocycles. The monoisotopic (exact) mass is 240 g/mol. The summed E-state index contributed by atoms with van der Waals surface area (Å²) < 4.78 is 12.7. The third-order valence-electron chi connectivity index (χ3n) is 2.17. The van der Waals surface area contributed by atoms with E-state index in [0.29, 0.717) is 5.11 Å². The highest BCUT2D eigenvalue weighted by Crippen LogP contribution is 2.05. The van der Waals surface area contributed by atoms with E-state index in [1.54, 1.807) is 12.1 Å². The quantitative estimate of drug-likeness (QED) is 0.789. The van der Waals surface area contributed by atoms with Crippen molar-refractivity contribution < 1.29 is 4.39 Å². The Morgan fingerprint density at radius 1 is 1.38 bits per heavy atom. The van der Waals surface area contributed by atoms with Gasteiger partial charge in [0.1, 0.15) is 5.82 Å². The van der Waals surface area contributed by atoms with E-state index in [0.717, 1.165) is 18.5 Å². The van der Waals surface area contributed by atoms with Crippen LogP contribution in [0.15, 0.2) is 24.3 Å². The molecule has 0 heterocycles. The number of thiocarbonyl (C=S) groups is 1. The van der Waals surface area contributed by atoms with E-state index < -0.39 is 0 Å². The van der Waals surface area contributed by atoms with Crippen LogP contribution < -0.4 is 10.6 Å². The molecule has 16 heavy (non-hydrogen) atoms. The van der Waals surface area contributed by atoms with E-state index in [1.807, 2.05) is 13.8 Å². The van der Waals surface area contributed by atoms with Crippen LogP contribution >= 0.6 is 12.2 Å². The zero-order valence-electron chi connectivity index (χ0n) is 9.59. The SMILES string of the molecule is CCNC(=S)NC(C)Cc1ccc(F)cc1. The maximum absolute atomic E-state index is 12.7. The van der Waals surface area contributed by atoms with Crippen molar-refractivity contribution in [3.05, 3.63) is 35.6 Å². The van der Waals surface area contributed by atoms with Crippen molar-refractivity contribution >= 4 is 17.3 Å². The summed E-state index contributed by atoms with van der Waals surface area (Å²) in [6.07, 6.45) is 0.825. The Balaban J connectivity index is 2.42. The molecule has 0 radical (unpaired) electrons. The molecule has 1 aromatic rings. The smallest absolute Gasteiger partial charge is 0.166 e. The third kappa shape index (κ3) is 4.57. The number of benzene rings is 1. The third-order valence-corrected chi connectivity index (χ3v) is 2.43. The van der Waals surface area contributed by atoms with Crippen LogP contribution in [0.2, 0.25) is 0 Å². The van der Waals surface area contributed by atoms with Gasteiger partial charge in [0.25, 0.3) is 0 Å². The fourth-order valence-electron chi connectivity index (χ4n) is 1.46. The fourth-order valence-corrected chi connectivity index (χ4v) is 1.81. The fraction of sp³-hybridized carbons (Fsp3) is 0.417. The molecule has 1 atom stereocenters. The first-order chi connectivity index (χ1) is 7.61. The number of hydrogen-bond donors (Lipinski definition) is 2. The first kappa shape index (κ1) is 12.9. The van der Waals surface area contributed by atoms with Gasteiger partial charge in [-0.1, -0.05) is 12.1 Å². The van der Waals surface area contributed by atoms with Crippen LogP contribution in [-0.2, 0) is 6.42 Å². The number of rotatable bonds is 4. The van der Waals surface area contributed by atoms with Gasteiger partial charge in [-0.05, 0) is 50.2 Å². The van der Waals surface area contributed by atoms with Crippen LogP contribution in [0.25, 0.3) is 0 Å². The van der Waals surface area contributed by atoms with Gasteiger partial charge >= 0.3 is 0 Å². The van der Waals surface area contributed by atoms with Crippen LogP contribution in [0.3, 0.4) is 0 Å². The van der Waals surface area contributed by atoms with E-state index in [-0.39, 0.29) is 11.9 Å². The van der Waals surface area contributed by atoms with Gasteiger partial charge < -0.3 is 10.6 Å². The first-order valence-corrected chi connectivity index (χ1v) is 5.81. The molecule has 0 spiro atoms. The van der Waals surface area contributed by atoms with Gasteiger partial charge in [0.2, 0.25) is 0 Å². The normalized spacial score (nSPS) is 11.9. The van der Waals surface area contributed by atoms with E-state index in [4.69, 9.17) is 12.2 Å². The Morgan fingerprint density at radius 2 is 2.00 bits per heavy atom. The van der Waals surface area contributed by atoms with Gasteiger partial charge in [0, 0.05) is 12.6 Å². The maximum atomic E-state index is 12.7. The predicted molar refractivity (Wildman–Crippen MR) is 69.0 cm³/mol. The zero-order chi connectivity index (χ0) is 12.0. The summed E-state index contributed by atoms with van der Waals surface area (Å²) in [6, 6.07) is 6.78. The maximum Gasteiger partial charge on any atom is 0.166 e. The van der Waals surface area contributed by atoms with Gasteiger partial charge in [-0.25, -0.2) is 4.39 Å². The Hall–Kier alpha value is -1.16. The van der Waals surface area contributed by atoms with Gasteiger partial charge in [0.05, 0.1) is 0 Å². The highest BCUT2D eigenvalue weighted by molar-refractivity contribution is 7.80. The summed E-state index contributed by atoms with van der Waals surface area (Å²) in [5, 5.41) is 6.87. The largest absolute Gasteiger partial charge is 0.363 e. The zero-order valence-corrected chi connectivity index (χ0v) is 10.4. The number of halogens is 1. The van der Waals surface area contributed by atoms with E-state index in [2.05, 4.69) is 10.6 Å².